The second-order valence-electron chi connectivity index (χ2n) is 8.73. The standard InChI is InChI=1S/C29H23N3O4S/c30-16-22-6-2-4-8-24(22)19-36-25-11-9-20(10-12-25)15-26-28(34)32(29(35)37-26)18-27(33)31-14-13-21-5-1-3-7-23(21)17-31/h1-12,15H,13-14,17-19H2/b26-15-. The van der Waals surface area contributed by atoms with E-state index in [9.17, 15) is 19.6 Å². The third-order valence-electron chi connectivity index (χ3n) is 6.36. The van der Waals surface area contributed by atoms with Gasteiger partial charge >= 0.3 is 0 Å². The molecular formula is C29H23N3O4S. The summed E-state index contributed by atoms with van der Waals surface area (Å²) in [6.45, 7) is 1.05. The van der Waals surface area contributed by atoms with Crippen molar-refractivity contribution in [3.63, 3.8) is 0 Å². The molecule has 0 aromatic heterocycles. The molecule has 3 aromatic carbocycles. The van der Waals surface area contributed by atoms with Crippen LogP contribution in [0, 0.1) is 11.3 Å². The van der Waals surface area contributed by atoms with E-state index in [0.717, 1.165) is 39.8 Å². The topological polar surface area (TPSA) is 90.7 Å². The first-order valence-corrected chi connectivity index (χ1v) is 12.6. The van der Waals surface area contributed by atoms with Crippen molar-refractivity contribution < 1.29 is 19.1 Å². The van der Waals surface area contributed by atoms with Crippen LogP contribution < -0.4 is 4.74 Å². The van der Waals surface area contributed by atoms with Crippen LogP contribution in [0.4, 0.5) is 4.79 Å². The first-order chi connectivity index (χ1) is 18.0. The number of rotatable bonds is 6. The number of carbonyl (C=O) groups excluding carboxylic acids is 3. The molecule has 0 N–H and O–H groups in total. The van der Waals surface area contributed by atoms with E-state index >= 15 is 0 Å². The molecule has 0 unspecified atom stereocenters. The van der Waals surface area contributed by atoms with Gasteiger partial charge in [-0.3, -0.25) is 19.3 Å². The molecule has 1 saturated heterocycles. The van der Waals surface area contributed by atoms with E-state index in [1.165, 1.54) is 5.56 Å². The minimum atomic E-state index is -0.464. The van der Waals surface area contributed by atoms with Gasteiger partial charge in [0.25, 0.3) is 11.1 Å². The summed E-state index contributed by atoms with van der Waals surface area (Å²) in [6.07, 6.45) is 2.40. The van der Waals surface area contributed by atoms with Crippen LogP contribution in [0.25, 0.3) is 6.08 Å². The molecule has 5 rings (SSSR count). The van der Waals surface area contributed by atoms with Gasteiger partial charge in [-0.05, 0) is 59.1 Å². The van der Waals surface area contributed by atoms with E-state index < -0.39 is 11.1 Å². The Morgan fingerprint density at radius 2 is 1.73 bits per heavy atom. The number of amides is 3. The van der Waals surface area contributed by atoms with E-state index in [1.54, 1.807) is 47.4 Å². The lowest BCUT2D eigenvalue weighted by Crippen LogP contribution is -2.44. The van der Waals surface area contributed by atoms with Crippen molar-refractivity contribution in [2.45, 2.75) is 19.6 Å². The summed E-state index contributed by atoms with van der Waals surface area (Å²) in [7, 11) is 0. The van der Waals surface area contributed by atoms with E-state index in [1.807, 2.05) is 30.3 Å². The number of thioether (sulfide) groups is 1. The van der Waals surface area contributed by atoms with E-state index in [4.69, 9.17) is 4.74 Å². The summed E-state index contributed by atoms with van der Waals surface area (Å²) in [4.78, 5) is 41.3. The van der Waals surface area contributed by atoms with E-state index in [-0.39, 0.29) is 24.0 Å². The maximum atomic E-state index is 12.9. The molecule has 3 amide bonds. The maximum absolute atomic E-state index is 12.9. The highest BCUT2D eigenvalue weighted by Gasteiger charge is 2.37. The zero-order chi connectivity index (χ0) is 25.8. The molecule has 0 spiro atoms. The van der Waals surface area contributed by atoms with Gasteiger partial charge in [0.2, 0.25) is 5.91 Å². The number of hydrogen-bond acceptors (Lipinski definition) is 6. The number of hydrogen-bond donors (Lipinski definition) is 0. The molecule has 0 aliphatic carbocycles. The van der Waals surface area contributed by atoms with Crippen molar-refractivity contribution in [3.8, 4) is 11.8 Å². The Bertz CT molecular complexity index is 1440. The van der Waals surface area contributed by atoms with Gasteiger partial charge < -0.3 is 9.64 Å². The van der Waals surface area contributed by atoms with Crippen molar-refractivity contribution in [2.75, 3.05) is 13.1 Å². The Kier molecular flexibility index (Phi) is 7.06. The van der Waals surface area contributed by atoms with Gasteiger partial charge in [0.1, 0.15) is 18.9 Å². The summed E-state index contributed by atoms with van der Waals surface area (Å²) in [5, 5.41) is 8.76. The molecule has 2 aliphatic heterocycles. The number of nitrogens with zero attached hydrogens (tertiary/aromatic N) is 3. The molecule has 7 nitrogen and oxygen atoms in total. The highest BCUT2D eigenvalue weighted by atomic mass is 32.2. The number of benzene rings is 3. The van der Waals surface area contributed by atoms with Gasteiger partial charge in [-0.15, -0.1) is 0 Å². The molecule has 8 heteroatoms. The lowest BCUT2D eigenvalue weighted by atomic mass is 10.00. The average molecular weight is 510 g/mol. The summed E-state index contributed by atoms with van der Waals surface area (Å²) in [5.74, 6) is -0.0848. The average Bonchev–Trinajstić information content (AvgIpc) is 3.19. The Morgan fingerprint density at radius 1 is 1.00 bits per heavy atom. The van der Waals surface area contributed by atoms with Crippen LogP contribution in [0.3, 0.4) is 0 Å². The Morgan fingerprint density at radius 3 is 2.51 bits per heavy atom. The molecule has 2 aliphatic rings. The fourth-order valence-corrected chi connectivity index (χ4v) is 5.15. The fourth-order valence-electron chi connectivity index (χ4n) is 4.31. The van der Waals surface area contributed by atoms with Crippen LogP contribution in [-0.4, -0.2) is 39.9 Å². The van der Waals surface area contributed by atoms with Crippen LogP contribution >= 0.6 is 11.8 Å². The molecule has 0 bridgehead atoms. The SMILES string of the molecule is N#Cc1ccccc1COc1ccc(/C=C2\SC(=O)N(CC(=O)N3CCc4ccccc4C3)C2=O)cc1. The predicted molar refractivity (Wildman–Crippen MR) is 140 cm³/mol. The highest BCUT2D eigenvalue weighted by molar-refractivity contribution is 8.18. The monoisotopic (exact) mass is 509 g/mol. The maximum Gasteiger partial charge on any atom is 0.294 e. The Balaban J connectivity index is 1.20. The largest absolute Gasteiger partial charge is 0.489 e. The number of nitriles is 1. The van der Waals surface area contributed by atoms with Crippen molar-refractivity contribution >= 4 is 34.9 Å². The van der Waals surface area contributed by atoms with Crippen molar-refractivity contribution in [1.82, 2.24) is 9.80 Å². The molecule has 2 heterocycles. The Hall–Kier alpha value is -4.35. The highest BCUT2D eigenvalue weighted by Crippen LogP contribution is 2.32. The van der Waals surface area contributed by atoms with Gasteiger partial charge in [0.05, 0.1) is 16.5 Å². The van der Waals surface area contributed by atoms with E-state index in [0.29, 0.717) is 24.4 Å². The molecule has 1 fully saturated rings. The van der Waals surface area contributed by atoms with Gasteiger partial charge in [-0.25, -0.2) is 0 Å². The smallest absolute Gasteiger partial charge is 0.294 e. The third-order valence-corrected chi connectivity index (χ3v) is 7.27. The van der Waals surface area contributed by atoms with Gasteiger partial charge in [0.15, 0.2) is 0 Å². The van der Waals surface area contributed by atoms with Crippen LogP contribution in [-0.2, 0) is 29.2 Å². The van der Waals surface area contributed by atoms with Crippen LogP contribution in [0.1, 0.15) is 27.8 Å². The molecule has 0 radical (unpaired) electrons. The van der Waals surface area contributed by atoms with Crippen LogP contribution in [0.2, 0.25) is 0 Å². The zero-order valence-electron chi connectivity index (χ0n) is 19.9. The molecular weight excluding hydrogens is 486 g/mol. The lowest BCUT2D eigenvalue weighted by molar-refractivity contribution is -0.136. The Labute approximate surface area is 218 Å². The molecule has 184 valence electrons. The third kappa shape index (κ3) is 5.42. The van der Waals surface area contributed by atoms with Gasteiger partial charge in [-0.2, -0.15) is 5.26 Å². The van der Waals surface area contributed by atoms with Gasteiger partial charge in [-0.1, -0.05) is 54.6 Å². The molecule has 0 atom stereocenters. The second-order valence-corrected chi connectivity index (χ2v) is 9.72. The quantitative estimate of drug-likeness (QED) is 0.445. The summed E-state index contributed by atoms with van der Waals surface area (Å²) in [5.41, 5.74) is 4.42. The lowest BCUT2D eigenvalue weighted by Gasteiger charge is -2.29. The number of ether oxygens (including phenoxy) is 1. The number of carbonyl (C=O) groups is 3. The first-order valence-electron chi connectivity index (χ1n) is 11.8. The van der Waals surface area contributed by atoms with Crippen molar-refractivity contribution in [2.24, 2.45) is 0 Å². The normalized spacial score (nSPS) is 16.0. The van der Waals surface area contributed by atoms with Crippen molar-refractivity contribution in [1.29, 1.82) is 5.26 Å². The minimum absolute atomic E-state index is 0.238. The summed E-state index contributed by atoms with van der Waals surface area (Å²) in [6, 6.07) is 24.5. The van der Waals surface area contributed by atoms with Crippen LogP contribution in [0.5, 0.6) is 5.75 Å². The number of imide groups is 1. The summed E-state index contributed by atoms with van der Waals surface area (Å²) < 4.78 is 5.79. The zero-order valence-corrected chi connectivity index (χ0v) is 20.7. The molecule has 3 aromatic rings. The van der Waals surface area contributed by atoms with Crippen LogP contribution in [0.15, 0.2) is 77.7 Å². The molecule has 0 saturated carbocycles. The van der Waals surface area contributed by atoms with E-state index in [2.05, 4.69) is 12.1 Å². The minimum Gasteiger partial charge on any atom is -0.489 e. The summed E-state index contributed by atoms with van der Waals surface area (Å²) >= 11 is 0.836. The molecule has 37 heavy (non-hydrogen) atoms. The fraction of sp³-hybridized carbons (Fsp3) is 0.172. The first kappa shape index (κ1) is 24.3. The van der Waals surface area contributed by atoms with Crippen molar-refractivity contribution in [3.05, 3.63) is 106 Å². The predicted octanol–water partition coefficient (Wildman–Crippen LogP) is 4.76. The number of fused-ring (bicyclic) bond motifs is 1. The van der Waals surface area contributed by atoms with Gasteiger partial charge in [0, 0.05) is 18.7 Å². The second kappa shape index (κ2) is 10.7.